The minimum absolute atomic E-state index is 0.0349. The van der Waals surface area contributed by atoms with Crippen LogP contribution < -0.4 is 31.3 Å². The predicted octanol–water partition coefficient (Wildman–Crippen LogP) is 2.59. The van der Waals surface area contributed by atoms with Crippen LogP contribution in [0.25, 0.3) is 10.2 Å². The third-order valence-electron chi connectivity index (χ3n) is 5.34. The van der Waals surface area contributed by atoms with Crippen LogP contribution in [0.5, 0.6) is 5.75 Å². The number of carbonyl (C=O) groups excluding carboxylic acids is 1. The Morgan fingerprint density at radius 3 is 2.65 bits per heavy atom. The van der Waals surface area contributed by atoms with E-state index in [1.807, 2.05) is 0 Å². The summed E-state index contributed by atoms with van der Waals surface area (Å²) in [6, 6.07) is 7.13. The molecule has 1 aliphatic heterocycles. The number of benzene rings is 2. The van der Waals surface area contributed by atoms with Gasteiger partial charge in [-0.15, -0.1) is 13.2 Å². The number of carboxylic acid groups (broad SMARTS) is 1. The number of nitrogens with zero attached hydrogens (tertiary/aromatic N) is 2. The van der Waals surface area contributed by atoms with Gasteiger partial charge in [0.2, 0.25) is 11.7 Å². The standard InChI is InChI=1S/C20H19F3N6O4S/c1-25-15(16(24)30)19(27-12-7-9(17(31)32)3-6-13(12)29(19)2)28-18-26-11-5-4-10(8-14(11)34-18)33-20(21,22)23/h3-8,15,25,27H,1-2H3,(H2,24,30)(H,26,28)(H,31,32). The summed E-state index contributed by atoms with van der Waals surface area (Å²) in [4.78, 5) is 29.8. The molecular weight excluding hydrogens is 477 g/mol. The average Bonchev–Trinajstić information content (AvgIpc) is 3.24. The van der Waals surface area contributed by atoms with Crippen LogP contribution in [0, 0.1) is 0 Å². The fourth-order valence-corrected chi connectivity index (χ4v) is 4.82. The molecule has 1 aliphatic rings. The second-order valence-electron chi connectivity index (χ2n) is 7.43. The number of aromatic nitrogens is 1. The summed E-state index contributed by atoms with van der Waals surface area (Å²) in [5.41, 5.74) is 7.11. The number of nitrogens with two attached hydrogens (primary N) is 1. The molecule has 0 spiro atoms. The number of hydrogen-bond donors (Lipinski definition) is 5. The summed E-state index contributed by atoms with van der Waals surface area (Å²) < 4.78 is 42.1. The van der Waals surface area contributed by atoms with Crippen molar-refractivity contribution < 1.29 is 32.6 Å². The van der Waals surface area contributed by atoms with Gasteiger partial charge < -0.3 is 36.4 Å². The van der Waals surface area contributed by atoms with Crippen LogP contribution in [-0.4, -0.2) is 54.3 Å². The molecule has 180 valence electrons. The molecule has 3 aromatic rings. The first-order valence-electron chi connectivity index (χ1n) is 9.74. The first-order valence-corrected chi connectivity index (χ1v) is 10.6. The van der Waals surface area contributed by atoms with Crippen LogP contribution in [0.4, 0.5) is 29.7 Å². The van der Waals surface area contributed by atoms with Crippen molar-refractivity contribution >= 4 is 49.9 Å². The Kier molecular flexibility index (Phi) is 5.65. The predicted molar refractivity (Wildman–Crippen MR) is 120 cm³/mol. The molecule has 2 unspecified atom stereocenters. The van der Waals surface area contributed by atoms with Gasteiger partial charge in [0, 0.05) is 13.1 Å². The first-order chi connectivity index (χ1) is 15.9. The molecule has 0 saturated carbocycles. The van der Waals surface area contributed by atoms with E-state index in [0.717, 1.165) is 17.4 Å². The molecular formula is C20H19F3N6O4S. The normalized spacial score (nSPS) is 18.3. The second kappa shape index (κ2) is 8.22. The Bertz CT molecular complexity index is 1280. The Hall–Kier alpha value is -3.78. The lowest BCUT2D eigenvalue weighted by Crippen LogP contribution is -2.70. The monoisotopic (exact) mass is 496 g/mol. The largest absolute Gasteiger partial charge is 0.573 e. The highest BCUT2D eigenvalue weighted by Crippen LogP contribution is 2.42. The third-order valence-corrected chi connectivity index (χ3v) is 6.27. The smallest absolute Gasteiger partial charge is 0.478 e. The zero-order valence-electron chi connectivity index (χ0n) is 17.7. The van der Waals surface area contributed by atoms with Crippen LogP contribution >= 0.6 is 11.3 Å². The van der Waals surface area contributed by atoms with Gasteiger partial charge in [-0.3, -0.25) is 4.79 Å². The fourth-order valence-electron chi connectivity index (χ4n) is 3.87. The van der Waals surface area contributed by atoms with Crippen LogP contribution in [0.15, 0.2) is 36.4 Å². The molecule has 2 heterocycles. The lowest BCUT2D eigenvalue weighted by atomic mass is 10.1. The Labute approximate surface area is 194 Å². The molecule has 10 nitrogen and oxygen atoms in total. The molecule has 2 aromatic carbocycles. The van der Waals surface area contributed by atoms with Crippen LogP contribution in [-0.2, 0) is 4.79 Å². The Morgan fingerprint density at radius 2 is 2.03 bits per heavy atom. The minimum atomic E-state index is -4.83. The molecule has 4 rings (SSSR count). The number of hydrogen-bond acceptors (Lipinski definition) is 9. The van der Waals surface area contributed by atoms with Crippen molar-refractivity contribution in [3.63, 3.8) is 0 Å². The summed E-state index contributed by atoms with van der Waals surface area (Å²) >= 11 is 1.04. The average molecular weight is 496 g/mol. The first kappa shape index (κ1) is 23.4. The van der Waals surface area contributed by atoms with Gasteiger partial charge in [0.05, 0.1) is 27.2 Å². The highest BCUT2D eigenvalue weighted by Gasteiger charge is 2.51. The van der Waals surface area contributed by atoms with E-state index in [9.17, 15) is 27.9 Å². The molecule has 2 atom stereocenters. The van der Waals surface area contributed by atoms with Crippen molar-refractivity contribution in [2.24, 2.45) is 5.73 Å². The molecule has 1 amide bonds. The molecule has 0 radical (unpaired) electrons. The molecule has 1 aromatic heterocycles. The van der Waals surface area contributed by atoms with Crippen LogP contribution in [0.1, 0.15) is 10.4 Å². The molecule has 0 saturated heterocycles. The number of primary amides is 1. The number of anilines is 3. The van der Waals surface area contributed by atoms with Crippen molar-refractivity contribution in [3.05, 3.63) is 42.0 Å². The van der Waals surface area contributed by atoms with Crippen LogP contribution in [0.3, 0.4) is 0 Å². The number of rotatable bonds is 7. The topological polar surface area (TPSA) is 142 Å². The lowest BCUT2D eigenvalue weighted by Gasteiger charge is -2.42. The molecule has 34 heavy (non-hydrogen) atoms. The van der Waals surface area contributed by atoms with E-state index in [1.54, 1.807) is 18.0 Å². The van der Waals surface area contributed by atoms with Gasteiger partial charge in [-0.2, -0.15) is 0 Å². The number of halogens is 3. The van der Waals surface area contributed by atoms with Crippen molar-refractivity contribution in [1.29, 1.82) is 0 Å². The number of aromatic carboxylic acids is 1. The number of fused-ring (bicyclic) bond motifs is 2. The van der Waals surface area contributed by atoms with Gasteiger partial charge in [-0.25, -0.2) is 9.78 Å². The van der Waals surface area contributed by atoms with E-state index >= 15 is 0 Å². The summed E-state index contributed by atoms with van der Waals surface area (Å²) in [7, 11) is 3.20. The number of likely N-dealkylation sites (N-methyl/N-ethyl adjacent to an activating group) is 2. The lowest BCUT2D eigenvalue weighted by molar-refractivity contribution is -0.274. The van der Waals surface area contributed by atoms with E-state index in [-0.39, 0.29) is 16.4 Å². The van der Waals surface area contributed by atoms with E-state index in [4.69, 9.17) is 5.73 Å². The van der Waals surface area contributed by atoms with Gasteiger partial charge in [0.15, 0.2) is 5.13 Å². The van der Waals surface area contributed by atoms with Crippen molar-refractivity contribution in [3.8, 4) is 5.75 Å². The van der Waals surface area contributed by atoms with Gasteiger partial charge in [0.25, 0.3) is 0 Å². The molecule has 0 fully saturated rings. The zero-order chi connectivity index (χ0) is 24.8. The molecule has 0 aliphatic carbocycles. The fraction of sp³-hybridized carbons (Fsp3) is 0.250. The second-order valence-corrected chi connectivity index (χ2v) is 8.46. The van der Waals surface area contributed by atoms with Crippen molar-refractivity contribution in [1.82, 2.24) is 10.3 Å². The maximum atomic E-state index is 12.6. The van der Waals surface area contributed by atoms with E-state index in [1.165, 1.54) is 31.3 Å². The summed E-state index contributed by atoms with van der Waals surface area (Å²) in [6.07, 6.45) is -4.83. The Morgan fingerprint density at radius 1 is 1.29 bits per heavy atom. The maximum absolute atomic E-state index is 12.6. The number of alkyl halides is 3. The number of carboxylic acids is 1. The third kappa shape index (κ3) is 4.12. The van der Waals surface area contributed by atoms with Crippen LogP contribution in [0.2, 0.25) is 0 Å². The highest BCUT2D eigenvalue weighted by molar-refractivity contribution is 7.22. The van der Waals surface area contributed by atoms with Gasteiger partial charge in [-0.05, 0) is 37.4 Å². The van der Waals surface area contributed by atoms with Gasteiger partial charge >= 0.3 is 12.3 Å². The van der Waals surface area contributed by atoms with E-state index < -0.39 is 30.1 Å². The quantitative estimate of drug-likeness (QED) is 0.334. The number of ether oxygens (including phenoxy) is 1. The number of carbonyl (C=O) groups is 2. The number of amides is 1. The maximum Gasteiger partial charge on any atom is 0.573 e. The Balaban J connectivity index is 1.75. The molecule has 14 heteroatoms. The summed E-state index contributed by atoms with van der Waals surface area (Å²) in [5, 5.41) is 18.7. The number of thiazole rings is 1. The SMILES string of the molecule is CNC(C(N)=O)C1(Nc2nc3ccc(OC(F)(F)F)cc3s2)Nc2cc(C(=O)O)ccc2N1C. The van der Waals surface area contributed by atoms with Gasteiger partial charge in [-0.1, -0.05) is 11.3 Å². The summed E-state index contributed by atoms with van der Waals surface area (Å²) in [6.45, 7) is 0. The zero-order valence-corrected chi connectivity index (χ0v) is 18.5. The molecule has 6 N–H and O–H groups in total. The molecule has 0 bridgehead atoms. The van der Waals surface area contributed by atoms with Gasteiger partial charge in [0.1, 0.15) is 11.8 Å². The van der Waals surface area contributed by atoms with E-state index in [2.05, 4.69) is 25.7 Å². The number of nitrogens with one attached hydrogen (secondary N) is 3. The highest BCUT2D eigenvalue weighted by atomic mass is 32.1. The summed E-state index contributed by atoms with van der Waals surface area (Å²) in [5.74, 6) is -3.65. The van der Waals surface area contributed by atoms with Crippen molar-refractivity contribution in [2.45, 2.75) is 18.2 Å². The van der Waals surface area contributed by atoms with E-state index in [0.29, 0.717) is 21.6 Å². The minimum Gasteiger partial charge on any atom is -0.478 e. The van der Waals surface area contributed by atoms with Crippen molar-refractivity contribution in [2.75, 3.05) is 29.6 Å².